The SMILES string of the molecule is CC1(C)CCN(c2ncc(N)cc2Br)C1. The molecule has 0 spiro atoms. The van der Waals surface area contributed by atoms with Crippen LogP contribution in [0.1, 0.15) is 20.3 Å². The first kappa shape index (κ1) is 10.7. The van der Waals surface area contributed by atoms with Gasteiger partial charge in [0.2, 0.25) is 0 Å². The molecule has 0 atom stereocenters. The lowest BCUT2D eigenvalue weighted by atomic mass is 9.93. The third-order valence-corrected chi connectivity index (χ3v) is 3.40. The molecule has 1 fully saturated rings. The number of anilines is 2. The van der Waals surface area contributed by atoms with E-state index in [4.69, 9.17) is 5.73 Å². The molecule has 1 aliphatic rings. The third-order valence-electron chi connectivity index (χ3n) is 2.82. The minimum atomic E-state index is 0.391. The zero-order valence-corrected chi connectivity index (χ0v) is 10.7. The third kappa shape index (κ3) is 2.25. The maximum atomic E-state index is 5.67. The van der Waals surface area contributed by atoms with Crippen molar-refractivity contribution in [3.8, 4) is 0 Å². The van der Waals surface area contributed by atoms with Crippen LogP contribution in [0.5, 0.6) is 0 Å². The number of nitrogen functional groups attached to an aromatic ring is 1. The van der Waals surface area contributed by atoms with Gasteiger partial charge in [0.1, 0.15) is 5.82 Å². The lowest BCUT2D eigenvalue weighted by Gasteiger charge is -2.21. The predicted octanol–water partition coefficient (Wildman–Crippen LogP) is 2.66. The van der Waals surface area contributed by atoms with Gasteiger partial charge in [-0.2, -0.15) is 0 Å². The van der Waals surface area contributed by atoms with Gasteiger partial charge in [0.15, 0.2) is 0 Å². The fraction of sp³-hybridized carbons (Fsp3) is 0.545. The molecule has 4 heteroatoms. The number of nitrogens with zero attached hydrogens (tertiary/aromatic N) is 2. The van der Waals surface area contributed by atoms with Gasteiger partial charge in [-0.25, -0.2) is 4.98 Å². The summed E-state index contributed by atoms with van der Waals surface area (Å²) >= 11 is 3.51. The highest BCUT2D eigenvalue weighted by molar-refractivity contribution is 9.10. The van der Waals surface area contributed by atoms with E-state index in [1.165, 1.54) is 6.42 Å². The van der Waals surface area contributed by atoms with Gasteiger partial charge in [0, 0.05) is 13.1 Å². The van der Waals surface area contributed by atoms with Crippen molar-refractivity contribution in [1.29, 1.82) is 0 Å². The second kappa shape index (κ2) is 3.67. The van der Waals surface area contributed by atoms with Crippen molar-refractivity contribution in [2.24, 2.45) is 5.41 Å². The molecule has 15 heavy (non-hydrogen) atoms. The van der Waals surface area contributed by atoms with E-state index in [2.05, 4.69) is 39.7 Å². The Balaban J connectivity index is 2.24. The quantitative estimate of drug-likeness (QED) is 0.853. The van der Waals surface area contributed by atoms with Crippen molar-refractivity contribution in [1.82, 2.24) is 4.98 Å². The fourth-order valence-electron chi connectivity index (χ4n) is 1.97. The van der Waals surface area contributed by atoms with E-state index >= 15 is 0 Å². The molecule has 2 N–H and O–H groups in total. The maximum absolute atomic E-state index is 5.67. The molecular formula is C11H16BrN3. The molecule has 0 saturated carbocycles. The van der Waals surface area contributed by atoms with Crippen LogP contribution in [0.2, 0.25) is 0 Å². The van der Waals surface area contributed by atoms with Crippen LogP contribution >= 0.6 is 15.9 Å². The lowest BCUT2D eigenvalue weighted by molar-refractivity contribution is 0.418. The van der Waals surface area contributed by atoms with Gasteiger partial charge in [-0.15, -0.1) is 0 Å². The number of aromatic nitrogens is 1. The van der Waals surface area contributed by atoms with Crippen molar-refractivity contribution in [2.45, 2.75) is 20.3 Å². The average molecular weight is 270 g/mol. The summed E-state index contributed by atoms with van der Waals surface area (Å²) in [5.41, 5.74) is 6.76. The Labute approximate surface area is 98.8 Å². The van der Waals surface area contributed by atoms with Gasteiger partial charge in [0.25, 0.3) is 0 Å². The molecule has 3 nitrogen and oxygen atoms in total. The molecule has 1 aromatic rings. The molecule has 0 amide bonds. The molecule has 2 heterocycles. The number of hydrogen-bond acceptors (Lipinski definition) is 3. The van der Waals surface area contributed by atoms with Crippen LogP contribution in [0.15, 0.2) is 16.7 Å². The molecular weight excluding hydrogens is 254 g/mol. The first-order valence-corrected chi connectivity index (χ1v) is 5.93. The van der Waals surface area contributed by atoms with Gasteiger partial charge in [0.05, 0.1) is 16.4 Å². The molecule has 0 radical (unpaired) electrons. The number of nitrogens with two attached hydrogens (primary N) is 1. The van der Waals surface area contributed by atoms with Gasteiger partial charge >= 0.3 is 0 Å². The van der Waals surface area contributed by atoms with Gasteiger partial charge in [-0.1, -0.05) is 13.8 Å². The van der Waals surface area contributed by atoms with E-state index in [1.807, 2.05) is 6.07 Å². The Bertz CT molecular complexity index is 376. The lowest BCUT2D eigenvalue weighted by Crippen LogP contribution is -2.23. The summed E-state index contributed by atoms with van der Waals surface area (Å²) in [6, 6.07) is 1.91. The van der Waals surface area contributed by atoms with Crippen molar-refractivity contribution >= 4 is 27.4 Å². The Kier molecular flexibility index (Phi) is 2.63. The molecule has 1 aromatic heterocycles. The van der Waals surface area contributed by atoms with E-state index in [0.717, 1.165) is 23.4 Å². The monoisotopic (exact) mass is 269 g/mol. The van der Waals surface area contributed by atoms with Crippen LogP contribution in [-0.4, -0.2) is 18.1 Å². The summed E-state index contributed by atoms with van der Waals surface area (Å²) < 4.78 is 0.986. The predicted molar refractivity (Wildman–Crippen MR) is 67.0 cm³/mol. The molecule has 0 bridgehead atoms. The van der Waals surface area contributed by atoms with Crippen molar-refractivity contribution in [2.75, 3.05) is 23.7 Å². The van der Waals surface area contributed by atoms with Crippen molar-refractivity contribution in [3.63, 3.8) is 0 Å². The first-order chi connectivity index (χ1) is 6.98. The van der Waals surface area contributed by atoms with Gasteiger partial charge < -0.3 is 10.6 Å². The fourth-order valence-corrected chi connectivity index (χ4v) is 2.59. The minimum absolute atomic E-state index is 0.391. The summed E-state index contributed by atoms with van der Waals surface area (Å²) in [6.45, 7) is 6.71. The minimum Gasteiger partial charge on any atom is -0.397 e. The topological polar surface area (TPSA) is 42.2 Å². The summed E-state index contributed by atoms with van der Waals surface area (Å²) in [5.74, 6) is 1.01. The van der Waals surface area contributed by atoms with Crippen LogP contribution in [-0.2, 0) is 0 Å². The van der Waals surface area contributed by atoms with Crippen LogP contribution in [0.4, 0.5) is 11.5 Å². The Morgan fingerprint density at radius 3 is 2.80 bits per heavy atom. The van der Waals surface area contributed by atoms with Crippen LogP contribution < -0.4 is 10.6 Å². The molecule has 0 unspecified atom stereocenters. The first-order valence-electron chi connectivity index (χ1n) is 5.14. The number of pyridine rings is 1. The highest BCUT2D eigenvalue weighted by atomic mass is 79.9. The Morgan fingerprint density at radius 2 is 2.27 bits per heavy atom. The normalized spacial score (nSPS) is 19.5. The second-order valence-electron chi connectivity index (χ2n) is 4.91. The highest BCUT2D eigenvalue weighted by Gasteiger charge is 2.30. The zero-order chi connectivity index (χ0) is 11.1. The standard InChI is InChI=1S/C11H16BrN3/c1-11(2)3-4-15(7-11)10-9(12)5-8(13)6-14-10/h5-6H,3-4,7,13H2,1-2H3. The molecule has 82 valence electrons. The highest BCUT2D eigenvalue weighted by Crippen LogP contribution is 2.35. The Morgan fingerprint density at radius 1 is 1.53 bits per heavy atom. The molecule has 2 rings (SSSR count). The molecule has 0 aromatic carbocycles. The Hall–Kier alpha value is -0.770. The molecule has 1 aliphatic heterocycles. The summed E-state index contributed by atoms with van der Waals surface area (Å²) in [7, 11) is 0. The van der Waals surface area contributed by atoms with Gasteiger partial charge in [-0.3, -0.25) is 0 Å². The average Bonchev–Trinajstić information content (AvgIpc) is 2.46. The van der Waals surface area contributed by atoms with E-state index in [1.54, 1.807) is 6.20 Å². The van der Waals surface area contributed by atoms with E-state index in [9.17, 15) is 0 Å². The molecule has 1 saturated heterocycles. The number of hydrogen-bond donors (Lipinski definition) is 1. The number of rotatable bonds is 1. The largest absolute Gasteiger partial charge is 0.397 e. The van der Waals surface area contributed by atoms with E-state index in [0.29, 0.717) is 11.1 Å². The van der Waals surface area contributed by atoms with Gasteiger partial charge in [-0.05, 0) is 33.8 Å². The summed E-state index contributed by atoms with van der Waals surface area (Å²) in [6.07, 6.45) is 2.93. The van der Waals surface area contributed by atoms with Crippen LogP contribution in [0.25, 0.3) is 0 Å². The second-order valence-corrected chi connectivity index (χ2v) is 5.76. The van der Waals surface area contributed by atoms with Crippen molar-refractivity contribution in [3.05, 3.63) is 16.7 Å². The van der Waals surface area contributed by atoms with Crippen LogP contribution in [0.3, 0.4) is 0 Å². The maximum Gasteiger partial charge on any atom is 0.143 e. The smallest absolute Gasteiger partial charge is 0.143 e. The van der Waals surface area contributed by atoms with Crippen LogP contribution in [0, 0.1) is 5.41 Å². The number of halogens is 1. The van der Waals surface area contributed by atoms with Crippen molar-refractivity contribution < 1.29 is 0 Å². The summed E-state index contributed by atoms with van der Waals surface area (Å²) in [4.78, 5) is 6.69. The van der Waals surface area contributed by atoms with E-state index < -0.39 is 0 Å². The molecule has 0 aliphatic carbocycles. The zero-order valence-electron chi connectivity index (χ0n) is 9.13. The summed E-state index contributed by atoms with van der Waals surface area (Å²) in [5, 5.41) is 0. The van der Waals surface area contributed by atoms with E-state index in [-0.39, 0.29) is 0 Å².